The van der Waals surface area contributed by atoms with Gasteiger partial charge in [0.05, 0.1) is 12.1 Å². The molecule has 2 heterocycles. The molecule has 0 radical (unpaired) electrons. The highest BCUT2D eigenvalue weighted by molar-refractivity contribution is 7.12. The molecule has 4 heteroatoms. The fraction of sp³-hybridized carbons (Fsp3) is 0.500. The molecule has 2 rings (SSSR count). The monoisotopic (exact) mass is 210 g/mol. The zero-order valence-electron chi connectivity index (χ0n) is 8.33. The summed E-state index contributed by atoms with van der Waals surface area (Å²) in [5.74, 6) is 0.0901. The molecule has 1 amide bonds. The van der Waals surface area contributed by atoms with Gasteiger partial charge in [-0.15, -0.1) is 11.3 Å². The third kappa shape index (κ3) is 1.81. The summed E-state index contributed by atoms with van der Waals surface area (Å²) in [5.41, 5.74) is 0. The number of thiophene rings is 1. The van der Waals surface area contributed by atoms with Gasteiger partial charge in [0, 0.05) is 16.3 Å². The average molecular weight is 210 g/mol. The molecule has 76 valence electrons. The standard InChI is InChI=1S/C10H14N2OS/c1-6-3-4-9(14-6)8-5-11-7(2)10(13)12-8/h3-4,7-8,11H,5H2,1-2H3,(H,12,13)/t7?,8-/m0/s1. The van der Waals surface area contributed by atoms with E-state index in [9.17, 15) is 4.79 Å². The fourth-order valence-corrected chi connectivity index (χ4v) is 2.48. The van der Waals surface area contributed by atoms with E-state index in [4.69, 9.17) is 0 Å². The molecule has 1 aliphatic rings. The van der Waals surface area contributed by atoms with E-state index in [2.05, 4.69) is 29.7 Å². The van der Waals surface area contributed by atoms with Crippen molar-refractivity contribution in [3.63, 3.8) is 0 Å². The van der Waals surface area contributed by atoms with Crippen molar-refractivity contribution in [1.82, 2.24) is 10.6 Å². The highest BCUT2D eigenvalue weighted by atomic mass is 32.1. The quantitative estimate of drug-likeness (QED) is 0.731. The van der Waals surface area contributed by atoms with E-state index in [1.54, 1.807) is 11.3 Å². The molecule has 1 fully saturated rings. The van der Waals surface area contributed by atoms with Gasteiger partial charge in [-0.2, -0.15) is 0 Å². The Morgan fingerprint density at radius 1 is 1.50 bits per heavy atom. The highest BCUT2D eigenvalue weighted by Crippen LogP contribution is 2.23. The van der Waals surface area contributed by atoms with Crippen LogP contribution in [0.4, 0.5) is 0 Å². The Kier molecular flexibility index (Phi) is 2.56. The molecule has 0 bridgehead atoms. The molecule has 2 N–H and O–H groups in total. The molecular formula is C10H14N2OS. The largest absolute Gasteiger partial charge is 0.346 e. The molecule has 1 aromatic rings. The van der Waals surface area contributed by atoms with Crippen molar-refractivity contribution in [2.24, 2.45) is 0 Å². The van der Waals surface area contributed by atoms with Crippen molar-refractivity contribution < 1.29 is 4.79 Å². The lowest BCUT2D eigenvalue weighted by molar-refractivity contribution is -0.125. The number of carbonyl (C=O) groups is 1. The summed E-state index contributed by atoms with van der Waals surface area (Å²) in [6.07, 6.45) is 0. The van der Waals surface area contributed by atoms with Gasteiger partial charge in [-0.3, -0.25) is 4.79 Å². The second kappa shape index (κ2) is 3.71. The number of hydrogen-bond donors (Lipinski definition) is 2. The molecule has 1 unspecified atom stereocenters. The summed E-state index contributed by atoms with van der Waals surface area (Å²) >= 11 is 1.74. The Hall–Kier alpha value is -0.870. The molecular weight excluding hydrogens is 196 g/mol. The van der Waals surface area contributed by atoms with E-state index < -0.39 is 0 Å². The SMILES string of the molecule is Cc1ccc([C@@H]2CNC(C)C(=O)N2)s1. The van der Waals surface area contributed by atoms with E-state index >= 15 is 0 Å². The van der Waals surface area contributed by atoms with Crippen molar-refractivity contribution in [3.8, 4) is 0 Å². The van der Waals surface area contributed by atoms with Crippen molar-refractivity contribution in [1.29, 1.82) is 0 Å². The second-order valence-electron chi connectivity index (χ2n) is 3.64. The summed E-state index contributed by atoms with van der Waals surface area (Å²) in [7, 11) is 0. The third-order valence-electron chi connectivity index (χ3n) is 2.44. The normalized spacial score (nSPS) is 27.4. The van der Waals surface area contributed by atoms with Crippen LogP contribution in [0.25, 0.3) is 0 Å². The number of hydrogen-bond acceptors (Lipinski definition) is 3. The molecule has 1 aliphatic heterocycles. The Balaban J connectivity index is 2.10. The predicted octanol–water partition coefficient (Wildman–Crippen LogP) is 1.21. The first-order chi connectivity index (χ1) is 6.66. The highest BCUT2D eigenvalue weighted by Gasteiger charge is 2.25. The van der Waals surface area contributed by atoms with E-state index in [-0.39, 0.29) is 18.0 Å². The molecule has 1 saturated heterocycles. The number of carbonyl (C=O) groups excluding carboxylic acids is 1. The number of aryl methyl sites for hydroxylation is 1. The average Bonchev–Trinajstić information content (AvgIpc) is 2.57. The third-order valence-corrected chi connectivity index (χ3v) is 3.56. The van der Waals surface area contributed by atoms with Crippen molar-refractivity contribution in [2.75, 3.05) is 6.54 Å². The van der Waals surface area contributed by atoms with Gasteiger partial charge in [-0.1, -0.05) is 0 Å². The molecule has 0 aliphatic carbocycles. The van der Waals surface area contributed by atoms with Gasteiger partial charge in [0.25, 0.3) is 0 Å². The van der Waals surface area contributed by atoms with Crippen LogP contribution in [0.5, 0.6) is 0 Å². The molecule has 1 aromatic heterocycles. The molecule has 3 nitrogen and oxygen atoms in total. The summed E-state index contributed by atoms with van der Waals surface area (Å²) in [6, 6.07) is 4.26. The first kappa shape index (κ1) is 9.68. The topological polar surface area (TPSA) is 41.1 Å². The van der Waals surface area contributed by atoms with Crippen LogP contribution in [0.15, 0.2) is 12.1 Å². The first-order valence-electron chi connectivity index (χ1n) is 4.77. The van der Waals surface area contributed by atoms with E-state index in [1.165, 1.54) is 9.75 Å². The van der Waals surface area contributed by atoms with Gasteiger partial charge in [0.15, 0.2) is 0 Å². The van der Waals surface area contributed by atoms with Gasteiger partial charge in [-0.25, -0.2) is 0 Å². The summed E-state index contributed by atoms with van der Waals surface area (Å²) in [5, 5.41) is 6.19. The summed E-state index contributed by atoms with van der Waals surface area (Å²) in [4.78, 5) is 13.9. The minimum atomic E-state index is -0.0627. The number of amides is 1. The van der Waals surface area contributed by atoms with Gasteiger partial charge in [0.2, 0.25) is 5.91 Å². The fourth-order valence-electron chi connectivity index (χ4n) is 1.55. The first-order valence-corrected chi connectivity index (χ1v) is 5.58. The Bertz CT molecular complexity index is 348. The van der Waals surface area contributed by atoms with Crippen LogP contribution in [0.3, 0.4) is 0 Å². The lowest BCUT2D eigenvalue weighted by atomic mass is 10.1. The van der Waals surface area contributed by atoms with E-state index in [0.717, 1.165) is 6.54 Å². The Morgan fingerprint density at radius 2 is 2.29 bits per heavy atom. The second-order valence-corrected chi connectivity index (χ2v) is 4.96. The van der Waals surface area contributed by atoms with Crippen LogP contribution in [0.2, 0.25) is 0 Å². The zero-order chi connectivity index (χ0) is 10.1. The Labute approximate surface area is 87.5 Å². The zero-order valence-corrected chi connectivity index (χ0v) is 9.15. The lowest BCUT2D eigenvalue weighted by Crippen LogP contribution is -2.52. The van der Waals surface area contributed by atoms with Crippen LogP contribution >= 0.6 is 11.3 Å². The molecule has 0 saturated carbocycles. The molecule has 2 atom stereocenters. The van der Waals surface area contributed by atoms with E-state index in [0.29, 0.717) is 0 Å². The lowest BCUT2D eigenvalue weighted by Gasteiger charge is -2.27. The minimum Gasteiger partial charge on any atom is -0.346 e. The number of piperazine rings is 1. The molecule has 0 spiro atoms. The van der Waals surface area contributed by atoms with Crippen LogP contribution in [-0.2, 0) is 4.79 Å². The van der Waals surface area contributed by atoms with Gasteiger partial charge < -0.3 is 10.6 Å². The number of rotatable bonds is 1. The predicted molar refractivity (Wildman–Crippen MR) is 57.4 cm³/mol. The molecule has 14 heavy (non-hydrogen) atoms. The summed E-state index contributed by atoms with van der Waals surface area (Å²) in [6.45, 7) is 4.78. The van der Waals surface area contributed by atoms with Gasteiger partial charge in [-0.05, 0) is 26.0 Å². The maximum absolute atomic E-state index is 11.4. The van der Waals surface area contributed by atoms with Crippen LogP contribution in [0.1, 0.15) is 22.7 Å². The smallest absolute Gasteiger partial charge is 0.237 e. The Morgan fingerprint density at radius 3 is 2.86 bits per heavy atom. The van der Waals surface area contributed by atoms with Gasteiger partial charge >= 0.3 is 0 Å². The minimum absolute atomic E-state index is 0.0627. The van der Waals surface area contributed by atoms with Crippen molar-refractivity contribution in [2.45, 2.75) is 25.9 Å². The van der Waals surface area contributed by atoms with Crippen LogP contribution in [-0.4, -0.2) is 18.5 Å². The van der Waals surface area contributed by atoms with Crippen molar-refractivity contribution >= 4 is 17.2 Å². The van der Waals surface area contributed by atoms with Crippen LogP contribution < -0.4 is 10.6 Å². The van der Waals surface area contributed by atoms with Crippen molar-refractivity contribution in [3.05, 3.63) is 21.9 Å². The molecule has 0 aromatic carbocycles. The van der Waals surface area contributed by atoms with E-state index in [1.807, 2.05) is 6.92 Å². The van der Waals surface area contributed by atoms with Crippen LogP contribution in [0, 0.1) is 6.92 Å². The summed E-state index contributed by atoms with van der Waals surface area (Å²) < 4.78 is 0. The maximum atomic E-state index is 11.4. The van der Waals surface area contributed by atoms with Gasteiger partial charge in [0.1, 0.15) is 0 Å². The number of nitrogens with one attached hydrogen (secondary N) is 2. The maximum Gasteiger partial charge on any atom is 0.237 e.